The Kier molecular flexibility index (Phi) is 5.81. The molecule has 1 amide bonds. The van der Waals surface area contributed by atoms with Crippen LogP contribution in [0.1, 0.15) is 24.2 Å². The Morgan fingerprint density at radius 1 is 1.31 bits per heavy atom. The largest absolute Gasteiger partial charge is 0.493 e. The predicted molar refractivity (Wildman–Crippen MR) is 109 cm³/mol. The smallest absolute Gasteiger partial charge is 0.267 e. The van der Waals surface area contributed by atoms with Gasteiger partial charge in [-0.2, -0.15) is 5.10 Å². The average Bonchev–Trinajstić information content (AvgIpc) is 3.03. The molecule has 0 saturated carbocycles. The summed E-state index contributed by atoms with van der Waals surface area (Å²) in [4.78, 5) is 12.0. The van der Waals surface area contributed by atoms with Crippen molar-refractivity contribution in [1.29, 1.82) is 0 Å². The van der Waals surface area contributed by atoms with Crippen molar-refractivity contribution in [2.24, 2.45) is 5.92 Å². The first kappa shape index (κ1) is 21.1. The van der Waals surface area contributed by atoms with Gasteiger partial charge in [-0.25, -0.2) is 22.2 Å². The molecule has 3 aromatic rings. The number of carbonyl (C=O) groups excluding carboxylic acids is 1. The molecule has 154 valence electrons. The minimum absolute atomic E-state index is 0.0372. The average molecular weight is 440 g/mol. The summed E-state index contributed by atoms with van der Waals surface area (Å²) < 4.78 is 45.8. The molecular weight excluding hydrogens is 421 g/mol. The predicted octanol–water partition coefficient (Wildman–Crippen LogP) is 3.54. The first-order valence-corrected chi connectivity index (χ1v) is 10.9. The van der Waals surface area contributed by atoms with E-state index >= 15 is 0 Å². The Morgan fingerprint density at radius 3 is 2.69 bits per heavy atom. The van der Waals surface area contributed by atoms with Crippen molar-refractivity contribution in [1.82, 2.24) is 14.5 Å². The minimum Gasteiger partial charge on any atom is -0.493 e. The maximum absolute atomic E-state index is 14.5. The van der Waals surface area contributed by atoms with E-state index in [1.807, 2.05) is 19.9 Å². The Labute approximate surface area is 172 Å². The molecule has 3 rings (SSSR count). The van der Waals surface area contributed by atoms with Crippen LogP contribution in [0.15, 0.2) is 36.5 Å². The van der Waals surface area contributed by atoms with Gasteiger partial charge in [-0.05, 0) is 30.2 Å². The number of nitrogens with one attached hydrogen (secondary N) is 1. The molecule has 0 fully saturated rings. The van der Waals surface area contributed by atoms with Crippen molar-refractivity contribution in [3.63, 3.8) is 0 Å². The van der Waals surface area contributed by atoms with Gasteiger partial charge in [-0.15, -0.1) is 0 Å². The fraction of sp³-hybridized carbons (Fsp3) is 0.263. The van der Waals surface area contributed by atoms with Gasteiger partial charge in [0.15, 0.2) is 0 Å². The van der Waals surface area contributed by atoms with Gasteiger partial charge in [0.1, 0.15) is 11.6 Å². The zero-order chi connectivity index (χ0) is 21.3. The number of nitrogens with zero attached hydrogens (tertiary/aromatic N) is 2. The van der Waals surface area contributed by atoms with Crippen molar-refractivity contribution in [3.05, 3.63) is 52.9 Å². The van der Waals surface area contributed by atoms with Crippen LogP contribution in [0.5, 0.6) is 5.75 Å². The highest BCUT2D eigenvalue weighted by Crippen LogP contribution is 2.29. The highest BCUT2D eigenvalue weighted by Gasteiger charge is 2.20. The number of hydrogen-bond donors (Lipinski definition) is 1. The molecule has 0 aliphatic carbocycles. The van der Waals surface area contributed by atoms with E-state index in [4.69, 9.17) is 16.3 Å². The summed E-state index contributed by atoms with van der Waals surface area (Å²) in [6.07, 6.45) is 2.39. The van der Waals surface area contributed by atoms with Crippen LogP contribution in [0.25, 0.3) is 16.6 Å². The monoisotopic (exact) mass is 439 g/mol. The Bertz CT molecular complexity index is 1190. The Morgan fingerprint density at radius 2 is 2.03 bits per heavy atom. The molecule has 0 atom stereocenters. The van der Waals surface area contributed by atoms with E-state index in [1.165, 1.54) is 4.68 Å². The lowest BCUT2D eigenvalue weighted by Crippen LogP contribution is -2.30. The third-order valence-electron chi connectivity index (χ3n) is 3.91. The standard InChI is InChI=1S/C19H19ClFN3O4S/c1-11(2)10-28-13-4-5-17-12(6-13)9-22-24(17)18-8-16(21)14(7-15(18)20)19(25)23-29(3,26)27/h4-9,11H,10H2,1-3H3,(H,23,25). The second-order valence-electron chi connectivity index (χ2n) is 6.97. The lowest BCUT2D eigenvalue weighted by atomic mass is 10.1. The molecule has 0 aliphatic heterocycles. The first-order chi connectivity index (χ1) is 13.5. The Balaban J connectivity index is 1.97. The summed E-state index contributed by atoms with van der Waals surface area (Å²) in [5.74, 6) is -0.953. The third-order valence-corrected chi connectivity index (χ3v) is 4.77. The normalized spacial score (nSPS) is 11.8. The van der Waals surface area contributed by atoms with Crippen LogP contribution >= 0.6 is 11.6 Å². The maximum atomic E-state index is 14.5. The number of halogens is 2. The van der Waals surface area contributed by atoms with Gasteiger partial charge in [0.05, 0.1) is 40.8 Å². The number of carbonyl (C=O) groups is 1. The molecule has 10 heteroatoms. The van der Waals surface area contributed by atoms with Crippen molar-refractivity contribution in [3.8, 4) is 11.4 Å². The molecule has 0 spiro atoms. The van der Waals surface area contributed by atoms with Crippen LogP contribution in [0.2, 0.25) is 5.02 Å². The topological polar surface area (TPSA) is 90.3 Å². The van der Waals surface area contributed by atoms with Crippen LogP contribution in [0, 0.1) is 11.7 Å². The summed E-state index contributed by atoms with van der Waals surface area (Å²) in [6.45, 7) is 4.67. The number of aromatic nitrogens is 2. The molecule has 0 saturated heterocycles. The van der Waals surface area contributed by atoms with Crippen molar-refractivity contribution in [2.75, 3.05) is 12.9 Å². The second kappa shape index (κ2) is 8.00. The van der Waals surface area contributed by atoms with E-state index in [1.54, 1.807) is 23.1 Å². The molecule has 2 aromatic carbocycles. The fourth-order valence-corrected chi connectivity index (χ4v) is 3.34. The molecule has 29 heavy (non-hydrogen) atoms. The van der Waals surface area contributed by atoms with Gasteiger partial charge in [0.2, 0.25) is 10.0 Å². The quantitative estimate of drug-likeness (QED) is 0.634. The molecule has 0 radical (unpaired) electrons. The molecule has 0 aliphatic rings. The summed E-state index contributed by atoms with van der Waals surface area (Å²) >= 11 is 6.24. The van der Waals surface area contributed by atoms with Gasteiger partial charge in [0, 0.05) is 11.5 Å². The molecule has 1 aromatic heterocycles. The lowest BCUT2D eigenvalue weighted by molar-refractivity contribution is 0.0978. The van der Waals surface area contributed by atoms with E-state index in [-0.39, 0.29) is 10.7 Å². The summed E-state index contributed by atoms with van der Waals surface area (Å²) in [5.41, 5.74) is 0.396. The molecule has 1 N–H and O–H groups in total. The van der Waals surface area contributed by atoms with E-state index in [0.717, 1.165) is 23.8 Å². The van der Waals surface area contributed by atoms with E-state index in [9.17, 15) is 17.6 Å². The molecule has 0 unspecified atom stereocenters. The zero-order valence-electron chi connectivity index (χ0n) is 15.9. The molecular formula is C19H19ClFN3O4S. The van der Waals surface area contributed by atoms with Crippen molar-refractivity contribution >= 4 is 38.4 Å². The Hall–Kier alpha value is -2.65. The van der Waals surface area contributed by atoms with Gasteiger partial charge in [-0.3, -0.25) is 4.79 Å². The van der Waals surface area contributed by atoms with Crippen LogP contribution in [-0.4, -0.2) is 37.0 Å². The maximum Gasteiger partial charge on any atom is 0.267 e. The number of sulfonamides is 1. The number of rotatable bonds is 6. The number of ether oxygens (including phenoxy) is 1. The highest BCUT2D eigenvalue weighted by molar-refractivity contribution is 7.89. The van der Waals surface area contributed by atoms with Gasteiger partial charge in [-0.1, -0.05) is 25.4 Å². The van der Waals surface area contributed by atoms with E-state index in [2.05, 4.69) is 5.10 Å². The highest BCUT2D eigenvalue weighted by atomic mass is 35.5. The van der Waals surface area contributed by atoms with Gasteiger partial charge in [0.25, 0.3) is 5.91 Å². The lowest BCUT2D eigenvalue weighted by Gasteiger charge is -2.11. The fourth-order valence-electron chi connectivity index (χ4n) is 2.65. The minimum atomic E-state index is -3.84. The summed E-state index contributed by atoms with van der Waals surface area (Å²) in [5, 5.41) is 5.05. The van der Waals surface area contributed by atoms with E-state index < -0.39 is 27.3 Å². The number of amides is 1. The van der Waals surface area contributed by atoms with Crippen LogP contribution in [-0.2, 0) is 10.0 Å². The number of hydrogen-bond acceptors (Lipinski definition) is 5. The first-order valence-electron chi connectivity index (χ1n) is 8.67. The van der Waals surface area contributed by atoms with E-state index in [0.29, 0.717) is 23.8 Å². The SMILES string of the molecule is CC(C)COc1ccc2c(cnn2-c2cc(F)c(C(=O)NS(C)(=O)=O)cc2Cl)c1. The number of benzene rings is 2. The molecule has 7 nitrogen and oxygen atoms in total. The van der Waals surface area contributed by atoms with Crippen LogP contribution in [0.4, 0.5) is 4.39 Å². The number of fused-ring (bicyclic) bond motifs is 1. The third kappa shape index (κ3) is 4.86. The van der Waals surface area contributed by atoms with Crippen LogP contribution < -0.4 is 9.46 Å². The molecule has 1 heterocycles. The van der Waals surface area contributed by atoms with Gasteiger partial charge >= 0.3 is 0 Å². The summed E-state index contributed by atoms with van der Waals surface area (Å²) in [6, 6.07) is 7.48. The second-order valence-corrected chi connectivity index (χ2v) is 9.12. The summed E-state index contributed by atoms with van der Waals surface area (Å²) in [7, 11) is -3.84. The zero-order valence-corrected chi connectivity index (χ0v) is 17.5. The van der Waals surface area contributed by atoms with Gasteiger partial charge < -0.3 is 4.74 Å². The van der Waals surface area contributed by atoms with Crippen molar-refractivity contribution < 1.29 is 22.3 Å². The van der Waals surface area contributed by atoms with Crippen molar-refractivity contribution in [2.45, 2.75) is 13.8 Å². The van der Waals surface area contributed by atoms with Crippen LogP contribution in [0.3, 0.4) is 0 Å². The molecule has 0 bridgehead atoms.